The predicted octanol–water partition coefficient (Wildman–Crippen LogP) is 3.09. The Bertz CT molecular complexity index is 599. The molecule has 1 aromatic carbocycles. The van der Waals surface area contributed by atoms with E-state index in [0.717, 1.165) is 18.4 Å². The van der Waals surface area contributed by atoms with Crippen LogP contribution in [-0.2, 0) is 16.1 Å². The van der Waals surface area contributed by atoms with Crippen molar-refractivity contribution < 1.29 is 9.53 Å². The fourth-order valence-electron chi connectivity index (χ4n) is 2.45. The largest absolute Gasteiger partial charge is 0.365 e. The Morgan fingerprint density at radius 2 is 2.37 bits per heavy atom. The van der Waals surface area contributed by atoms with Crippen molar-refractivity contribution in [3.8, 4) is 0 Å². The van der Waals surface area contributed by atoms with Crippen molar-refractivity contribution in [2.75, 3.05) is 6.61 Å². The highest BCUT2D eigenvalue weighted by atomic mass is 32.1. The molecule has 3 nitrogen and oxygen atoms in total. The van der Waals surface area contributed by atoms with Crippen LogP contribution in [0, 0.1) is 0 Å². The minimum Gasteiger partial charge on any atom is -0.365 e. The molecular formula is C15H17NO2S. The number of ether oxygens (including phenoxy) is 1. The monoisotopic (exact) mass is 275 g/mol. The maximum Gasteiger partial charge on any atom is 0.252 e. The summed E-state index contributed by atoms with van der Waals surface area (Å²) in [5.74, 6) is -0.00424. The third kappa shape index (κ3) is 2.51. The molecule has 1 atom stereocenters. The van der Waals surface area contributed by atoms with Gasteiger partial charge in [-0.2, -0.15) is 0 Å². The number of nitrogens with one attached hydrogen (secondary N) is 1. The van der Waals surface area contributed by atoms with Gasteiger partial charge in [-0.1, -0.05) is 6.07 Å². The number of benzene rings is 1. The maximum atomic E-state index is 12.1. The summed E-state index contributed by atoms with van der Waals surface area (Å²) in [7, 11) is 0. The van der Waals surface area contributed by atoms with Crippen molar-refractivity contribution >= 4 is 27.3 Å². The zero-order valence-corrected chi connectivity index (χ0v) is 11.8. The van der Waals surface area contributed by atoms with Gasteiger partial charge in [-0.25, -0.2) is 0 Å². The Morgan fingerprint density at radius 3 is 3.16 bits per heavy atom. The van der Waals surface area contributed by atoms with Crippen molar-refractivity contribution in [2.24, 2.45) is 0 Å². The quantitative estimate of drug-likeness (QED) is 0.935. The molecule has 0 radical (unpaired) electrons. The minimum atomic E-state index is -0.632. The molecule has 1 fully saturated rings. The van der Waals surface area contributed by atoms with Gasteiger partial charge in [0, 0.05) is 17.9 Å². The molecule has 1 amide bonds. The van der Waals surface area contributed by atoms with E-state index in [1.807, 2.05) is 6.92 Å². The first-order chi connectivity index (χ1) is 9.17. The van der Waals surface area contributed by atoms with Crippen LogP contribution in [0.15, 0.2) is 29.6 Å². The van der Waals surface area contributed by atoms with Gasteiger partial charge in [0.2, 0.25) is 0 Å². The lowest BCUT2D eigenvalue weighted by Gasteiger charge is -2.21. The number of fused-ring (bicyclic) bond motifs is 1. The van der Waals surface area contributed by atoms with Gasteiger partial charge < -0.3 is 10.1 Å². The Kier molecular flexibility index (Phi) is 3.29. The summed E-state index contributed by atoms with van der Waals surface area (Å²) in [5.41, 5.74) is 0.493. The Morgan fingerprint density at radius 1 is 1.47 bits per heavy atom. The minimum absolute atomic E-state index is 0.00424. The van der Waals surface area contributed by atoms with Crippen LogP contribution in [0.2, 0.25) is 0 Å². The molecule has 1 aliphatic heterocycles. The fourth-order valence-corrected chi connectivity index (χ4v) is 3.22. The first-order valence-electron chi connectivity index (χ1n) is 6.56. The second kappa shape index (κ2) is 4.94. The molecule has 100 valence electrons. The molecule has 0 aliphatic carbocycles. The third-order valence-corrected chi connectivity index (χ3v) is 4.57. The molecule has 1 N–H and O–H groups in total. The average molecular weight is 275 g/mol. The molecule has 2 heterocycles. The number of hydrogen-bond donors (Lipinski definition) is 1. The molecule has 1 unspecified atom stereocenters. The lowest BCUT2D eigenvalue weighted by Crippen LogP contribution is -2.43. The van der Waals surface area contributed by atoms with E-state index in [4.69, 9.17) is 4.74 Å². The zero-order valence-electron chi connectivity index (χ0n) is 10.9. The van der Waals surface area contributed by atoms with Gasteiger partial charge in [0.15, 0.2) is 0 Å². The lowest BCUT2D eigenvalue weighted by atomic mass is 10.0. The van der Waals surface area contributed by atoms with Crippen LogP contribution < -0.4 is 5.32 Å². The van der Waals surface area contributed by atoms with Crippen LogP contribution in [0.1, 0.15) is 25.3 Å². The summed E-state index contributed by atoms with van der Waals surface area (Å²) >= 11 is 1.73. The van der Waals surface area contributed by atoms with E-state index in [1.165, 1.54) is 10.1 Å². The van der Waals surface area contributed by atoms with E-state index in [2.05, 4.69) is 35.0 Å². The number of carbonyl (C=O) groups excluding carboxylic acids is 1. The lowest BCUT2D eigenvalue weighted by molar-refractivity contribution is -0.139. The van der Waals surface area contributed by atoms with E-state index < -0.39 is 5.60 Å². The molecule has 0 bridgehead atoms. The summed E-state index contributed by atoms with van der Waals surface area (Å²) in [6.45, 7) is 3.12. The zero-order chi connectivity index (χ0) is 13.3. The first kappa shape index (κ1) is 12.6. The molecule has 0 saturated carbocycles. The summed E-state index contributed by atoms with van der Waals surface area (Å²) in [6.07, 6.45) is 1.77. The Labute approximate surface area is 116 Å². The summed E-state index contributed by atoms with van der Waals surface area (Å²) < 4.78 is 6.82. The molecule has 1 aliphatic rings. The molecule has 1 aromatic heterocycles. The van der Waals surface area contributed by atoms with Crippen LogP contribution in [-0.4, -0.2) is 18.1 Å². The average Bonchev–Trinajstić information content (AvgIpc) is 3.04. The Hall–Kier alpha value is -1.39. The van der Waals surface area contributed by atoms with Crippen molar-refractivity contribution in [2.45, 2.75) is 31.9 Å². The predicted molar refractivity (Wildman–Crippen MR) is 77.3 cm³/mol. The SMILES string of the molecule is CC1(C(=O)NCc2ccc3sccc3c2)CCCO1. The van der Waals surface area contributed by atoms with E-state index >= 15 is 0 Å². The second-order valence-corrected chi connectivity index (χ2v) is 6.11. The summed E-state index contributed by atoms with van der Waals surface area (Å²) in [4.78, 5) is 12.1. The van der Waals surface area contributed by atoms with Crippen LogP contribution >= 0.6 is 11.3 Å². The maximum absolute atomic E-state index is 12.1. The third-order valence-electron chi connectivity index (χ3n) is 3.67. The summed E-state index contributed by atoms with van der Waals surface area (Å²) in [6, 6.07) is 8.41. The van der Waals surface area contributed by atoms with Crippen molar-refractivity contribution in [1.29, 1.82) is 0 Å². The van der Waals surface area contributed by atoms with Gasteiger partial charge in [-0.05, 0) is 54.3 Å². The highest BCUT2D eigenvalue weighted by Gasteiger charge is 2.37. The summed E-state index contributed by atoms with van der Waals surface area (Å²) in [5, 5.41) is 6.30. The number of rotatable bonds is 3. The molecule has 2 aromatic rings. The normalized spacial score (nSPS) is 22.8. The van der Waals surface area contributed by atoms with Crippen molar-refractivity contribution in [3.63, 3.8) is 0 Å². The van der Waals surface area contributed by atoms with E-state index in [9.17, 15) is 4.79 Å². The van der Waals surface area contributed by atoms with Crippen molar-refractivity contribution in [3.05, 3.63) is 35.2 Å². The molecule has 4 heteroatoms. The molecule has 0 spiro atoms. The first-order valence-corrected chi connectivity index (χ1v) is 7.44. The second-order valence-electron chi connectivity index (χ2n) is 5.16. The molecular weight excluding hydrogens is 258 g/mol. The smallest absolute Gasteiger partial charge is 0.252 e. The van der Waals surface area contributed by atoms with Gasteiger partial charge in [0.1, 0.15) is 5.60 Å². The number of carbonyl (C=O) groups is 1. The van der Waals surface area contributed by atoms with E-state index in [-0.39, 0.29) is 5.91 Å². The number of amides is 1. The number of thiophene rings is 1. The van der Waals surface area contributed by atoms with Crippen molar-refractivity contribution in [1.82, 2.24) is 5.32 Å². The molecule has 3 rings (SSSR count). The fraction of sp³-hybridized carbons (Fsp3) is 0.400. The van der Waals surface area contributed by atoms with Gasteiger partial charge in [-0.15, -0.1) is 11.3 Å². The van der Waals surface area contributed by atoms with Crippen LogP contribution in [0.5, 0.6) is 0 Å². The van der Waals surface area contributed by atoms with Crippen LogP contribution in [0.25, 0.3) is 10.1 Å². The number of hydrogen-bond acceptors (Lipinski definition) is 3. The Balaban J connectivity index is 1.66. The standard InChI is InChI=1S/C15H17NO2S/c1-15(6-2-7-18-15)14(17)16-10-11-3-4-13-12(9-11)5-8-19-13/h3-5,8-9H,2,6-7,10H2,1H3,(H,16,17). The van der Waals surface area contributed by atoms with Crippen LogP contribution in [0.4, 0.5) is 0 Å². The molecule has 19 heavy (non-hydrogen) atoms. The van der Waals surface area contributed by atoms with Gasteiger partial charge >= 0.3 is 0 Å². The van der Waals surface area contributed by atoms with Gasteiger partial charge in [0.05, 0.1) is 0 Å². The highest BCUT2D eigenvalue weighted by Crippen LogP contribution is 2.25. The topological polar surface area (TPSA) is 38.3 Å². The van der Waals surface area contributed by atoms with E-state index in [0.29, 0.717) is 13.2 Å². The van der Waals surface area contributed by atoms with Crippen LogP contribution in [0.3, 0.4) is 0 Å². The van der Waals surface area contributed by atoms with E-state index in [1.54, 1.807) is 11.3 Å². The van der Waals surface area contributed by atoms with Gasteiger partial charge in [-0.3, -0.25) is 4.79 Å². The highest BCUT2D eigenvalue weighted by molar-refractivity contribution is 7.17. The van der Waals surface area contributed by atoms with Gasteiger partial charge in [0.25, 0.3) is 5.91 Å². The molecule has 1 saturated heterocycles.